The molecule has 0 aromatic heterocycles. The summed E-state index contributed by atoms with van der Waals surface area (Å²) in [4.78, 5) is 0. The zero-order valence-corrected chi connectivity index (χ0v) is 11.8. The summed E-state index contributed by atoms with van der Waals surface area (Å²) in [5.41, 5.74) is 0. The monoisotopic (exact) mass is 320 g/mol. The average Bonchev–Trinajstić information content (AvgIpc) is 1.83. The van der Waals surface area contributed by atoms with E-state index in [2.05, 4.69) is 19.9 Å². The molecule has 0 amide bonds. The Bertz CT molecular complexity index is 78.6. The molecule has 0 saturated carbocycles. The van der Waals surface area contributed by atoms with Gasteiger partial charge in [0.15, 0.2) is 0 Å². The van der Waals surface area contributed by atoms with Gasteiger partial charge in [-0.3, -0.25) is 0 Å². The van der Waals surface area contributed by atoms with Gasteiger partial charge in [-0.1, -0.05) is 0 Å². The second-order valence-corrected chi connectivity index (χ2v) is 9.69. The van der Waals surface area contributed by atoms with Crippen LogP contribution in [0.15, 0.2) is 9.16 Å². The second kappa shape index (κ2) is 6.09. The SMILES string of the molecule is CCC/C=[C](\C)[Hg][Cl]. The molecular weight excluding hydrogens is 308 g/mol. The molecule has 0 bridgehead atoms. The molecule has 0 atom stereocenters. The van der Waals surface area contributed by atoms with Crippen LogP contribution in [-0.2, 0) is 23.3 Å². The molecule has 0 rings (SSSR count). The van der Waals surface area contributed by atoms with Crippen LogP contribution < -0.4 is 0 Å². The first-order chi connectivity index (χ1) is 3.81. The Morgan fingerprint density at radius 1 is 1.75 bits per heavy atom. The maximum absolute atomic E-state index is 5.74. The van der Waals surface area contributed by atoms with Crippen LogP contribution in [0.25, 0.3) is 0 Å². The number of hydrogen-bond donors (Lipinski definition) is 0. The van der Waals surface area contributed by atoms with Crippen LogP contribution in [0.4, 0.5) is 0 Å². The second-order valence-electron chi connectivity index (χ2n) is 1.97. The Morgan fingerprint density at radius 2 is 2.38 bits per heavy atom. The predicted octanol–water partition coefficient (Wildman–Crippen LogP) is 2.93. The van der Waals surface area contributed by atoms with Crippen LogP contribution in [0.3, 0.4) is 0 Å². The molecule has 0 aromatic carbocycles. The van der Waals surface area contributed by atoms with Crippen LogP contribution in [0.1, 0.15) is 26.7 Å². The van der Waals surface area contributed by atoms with Gasteiger partial charge in [0.1, 0.15) is 0 Å². The van der Waals surface area contributed by atoms with Crippen LogP contribution in [0.5, 0.6) is 0 Å². The molecular formula is C6H11ClHg. The van der Waals surface area contributed by atoms with Crippen LogP contribution in [0.2, 0.25) is 0 Å². The Hall–Kier alpha value is 0.965. The summed E-state index contributed by atoms with van der Waals surface area (Å²) in [5, 5.41) is 0. The van der Waals surface area contributed by atoms with Crippen molar-refractivity contribution in [2.45, 2.75) is 26.7 Å². The summed E-state index contributed by atoms with van der Waals surface area (Å²) in [7, 11) is 5.74. The van der Waals surface area contributed by atoms with Crippen LogP contribution in [-0.4, -0.2) is 0 Å². The molecule has 8 heavy (non-hydrogen) atoms. The zero-order chi connectivity index (χ0) is 6.41. The summed E-state index contributed by atoms with van der Waals surface area (Å²) >= 11 is -0.966. The van der Waals surface area contributed by atoms with Gasteiger partial charge in [0.05, 0.1) is 0 Å². The van der Waals surface area contributed by atoms with Gasteiger partial charge in [-0.15, -0.1) is 0 Å². The standard InChI is InChI=1S/C6H11.ClH.Hg/c1-3-5-6-4-2;;/h6H,3,5H2,1-2H3;1H;/q;;+1/p-1. The van der Waals surface area contributed by atoms with Crippen molar-refractivity contribution in [1.29, 1.82) is 0 Å². The van der Waals surface area contributed by atoms with Crippen molar-refractivity contribution >= 4 is 8.25 Å². The molecule has 0 spiro atoms. The third-order valence-corrected chi connectivity index (χ3v) is 7.45. The molecule has 0 unspecified atom stereocenters. The fourth-order valence-electron chi connectivity index (χ4n) is 0.445. The zero-order valence-electron chi connectivity index (χ0n) is 5.58. The predicted molar refractivity (Wildman–Crippen MR) is 34.5 cm³/mol. The quantitative estimate of drug-likeness (QED) is 0.702. The van der Waals surface area contributed by atoms with Gasteiger partial charge in [0.2, 0.25) is 0 Å². The Kier molecular flexibility index (Phi) is 6.83. The fraction of sp³-hybridized carbons (Fsp3) is 0.667. The van der Waals surface area contributed by atoms with E-state index in [-0.39, 0.29) is 0 Å². The first kappa shape index (κ1) is 8.97. The van der Waals surface area contributed by atoms with Gasteiger partial charge in [0.25, 0.3) is 0 Å². The first-order valence-corrected chi connectivity index (χ1v) is 12.5. The normalized spacial score (nSPS) is 11.1. The van der Waals surface area contributed by atoms with Crippen molar-refractivity contribution in [3.63, 3.8) is 0 Å². The van der Waals surface area contributed by atoms with Gasteiger partial charge in [0, 0.05) is 0 Å². The average molecular weight is 319 g/mol. The van der Waals surface area contributed by atoms with Crippen LogP contribution in [0, 0.1) is 0 Å². The number of rotatable bonds is 3. The molecule has 0 heterocycles. The Morgan fingerprint density at radius 3 is 2.75 bits per heavy atom. The topological polar surface area (TPSA) is 0 Å². The number of unbranched alkanes of at least 4 members (excludes halogenated alkanes) is 1. The molecule has 0 nitrogen and oxygen atoms in total. The van der Waals surface area contributed by atoms with Crippen molar-refractivity contribution < 1.29 is 23.3 Å². The number of halogens is 1. The molecule has 0 saturated heterocycles. The summed E-state index contributed by atoms with van der Waals surface area (Å²) in [6, 6.07) is 0. The van der Waals surface area contributed by atoms with Gasteiger partial charge in [-0.05, 0) is 0 Å². The van der Waals surface area contributed by atoms with E-state index in [1.54, 1.807) is 0 Å². The number of allylic oxidation sites excluding steroid dienone is 2. The molecule has 0 aromatic rings. The molecule has 0 radical (unpaired) electrons. The summed E-state index contributed by atoms with van der Waals surface area (Å²) in [6.45, 7) is 4.35. The molecule has 2 heteroatoms. The third-order valence-electron chi connectivity index (χ3n) is 0.992. The van der Waals surface area contributed by atoms with Crippen molar-refractivity contribution in [2.24, 2.45) is 0 Å². The summed E-state index contributed by atoms with van der Waals surface area (Å²) < 4.78 is 1.51. The molecule has 44 valence electrons. The van der Waals surface area contributed by atoms with Crippen molar-refractivity contribution in [1.82, 2.24) is 0 Å². The summed E-state index contributed by atoms with van der Waals surface area (Å²) in [6.07, 6.45) is 4.76. The summed E-state index contributed by atoms with van der Waals surface area (Å²) in [5.74, 6) is 0. The molecule has 0 N–H and O–H groups in total. The van der Waals surface area contributed by atoms with Crippen molar-refractivity contribution in [3.8, 4) is 0 Å². The van der Waals surface area contributed by atoms with Gasteiger partial charge in [-0.25, -0.2) is 0 Å². The van der Waals surface area contributed by atoms with Crippen molar-refractivity contribution in [3.05, 3.63) is 9.16 Å². The van der Waals surface area contributed by atoms with Gasteiger partial charge in [-0.2, -0.15) is 0 Å². The Balaban J connectivity index is 3.26. The molecule has 0 aliphatic heterocycles. The van der Waals surface area contributed by atoms with E-state index in [1.165, 1.54) is 15.9 Å². The van der Waals surface area contributed by atoms with E-state index in [1.807, 2.05) is 0 Å². The Labute approximate surface area is 67.2 Å². The van der Waals surface area contributed by atoms with Crippen molar-refractivity contribution in [2.75, 3.05) is 0 Å². The molecule has 0 fully saturated rings. The first-order valence-electron chi connectivity index (χ1n) is 3.02. The third kappa shape index (κ3) is 5.11. The van der Waals surface area contributed by atoms with Gasteiger partial charge >= 0.3 is 67.4 Å². The van der Waals surface area contributed by atoms with E-state index in [9.17, 15) is 0 Å². The fourth-order valence-corrected chi connectivity index (χ4v) is 2.62. The minimum absolute atomic E-state index is 0.966. The molecule has 0 aliphatic rings. The van der Waals surface area contributed by atoms with Gasteiger partial charge < -0.3 is 0 Å². The minimum atomic E-state index is -0.966. The maximum atomic E-state index is 5.74. The van der Waals surface area contributed by atoms with E-state index in [0.29, 0.717) is 0 Å². The van der Waals surface area contributed by atoms with E-state index >= 15 is 0 Å². The molecule has 0 aliphatic carbocycles. The van der Waals surface area contributed by atoms with E-state index in [4.69, 9.17) is 8.25 Å². The van der Waals surface area contributed by atoms with E-state index < -0.39 is 23.3 Å². The van der Waals surface area contributed by atoms with E-state index in [0.717, 1.165) is 0 Å². The van der Waals surface area contributed by atoms with Crippen LogP contribution >= 0.6 is 8.25 Å². The number of hydrogen-bond acceptors (Lipinski definition) is 0.